The van der Waals surface area contributed by atoms with Crippen molar-refractivity contribution < 1.29 is 57.1 Å². The first-order chi connectivity index (χ1) is 19.7. The van der Waals surface area contributed by atoms with Gasteiger partial charge in [-0.25, -0.2) is 28.9 Å². The highest BCUT2D eigenvalue weighted by Gasteiger charge is 2.47. The molecule has 0 radical (unpaired) electrons. The molecule has 42 heavy (non-hydrogen) atoms. The monoisotopic (exact) mass is 636 g/mol. The van der Waals surface area contributed by atoms with E-state index in [0.717, 1.165) is 4.57 Å². The second-order valence-corrected chi connectivity index (χ2v) is 11.9. The SMILES string of the molecule is Nc1ccn([C@H]2C[C@H](OP(=O)(O)OC[C@H]3OC(n4cnc5c(N)ncnc54)[C@H](O)[C@@H]3O)[C@@H](COP(=O)(O)O)O2)c(=O)n1. The number of rotatable bonds is 10. The molecule has 21 nitrogen and oxygen atoms in total. The summed E-state index contributed by atoms with van der Waals surface area (Å²) in [6.45, 7) is -1.53. The fourth-order valence-corrected chi connectivity index (χ4v) is 5.77. The van der Waals surface area contributed by atoms with Crippen LogP contribution < -0.4 is 17.2 Å². The molecule has 5 rings (SSSR count). The fourth-order valence-electron chi connectivity index (χ4n) is 4.47. The van der Waals surface area contributed by atoms with Crippen molar-refractivity contribution in [2.75, 3.05) is 24.7 Å². The standard InChI is InChI=1S/C19H26N8O13P2/c20-11-1-2-26(19(30)25-11)12-3-8(9(38-12)4-36-41(31,32)33)40-42(34,35)37-5-10-14(28)15(29)18(39-10)27-7-24-13-16(21)22-6-23-17(13)27/h1-2,6-10,12,14-15,18,28-29H,3-5H2,(H,34,35)(H2,20,25,30)(H2,21,22,23)(H2,31,32,33)/t8-,9+,10+,12+,14+,15+,18?/m0/s1. The van der Waals surface area contributed by atoms with Crippen LogP contribution in [0.2, 0.25) is 0 Å². The van der Waals surface area contributed by atoms with Crippen LogP contribution in [-0.2, 0) is 32.2 Å². The number of nitrogens with two attached hydrogens (primary N) is 2. The molecule has 2 aliphatic rings. The van der Waals surface area contributed by atoms with Gasteiger partial charge in [0.2, 0.25) is 0 Å². The van der Waals surface area contributed by atoms with Crippen molar-refractivity contribution >= 4 is 38.4 Å². The van der Waals surface area contributed by atoms with Crippen molar-refractivity contribution in [2.45, 2.75) is 49.4 Å². The number of nitrogen functional groups attached to an aromatic ring is 2. The maximum absolute atomic E-state index is 12.9. The third-order valence-electron chi connectivity index (χ3n) is 6.42. The van der Waals surface area contributed by atoms with Gasteiger partial charge in [0, 0.05) is 12.6 Å². The Hall–Kier alpha value is -2.91. The normalized spacial score (nSPS) is 29.7. The molecule has 2 unspecified atom stereocenters. The number of aromatic nitrogens is 6. The van der Waals surface area contributed by atoms with Gasteiger partial charge in [-0.15, -0.1) is 0 Å². The number of ether oxygens (including phenoxy) is 2. The van der Waals surface area contributed by atoms with E-state index in [1.54, 1.807) is 0 Å². The van der Waals surface area contributed by atoms with E-state index in [2.05, 4.69) is 24.5 Å². The molecule has 0 amide bonds. The van der Waals surface area contributed by atoms with Crippen LogP contribution >= 0.6 is 15.6 Å². The van der Waals surface area contributed by atoms with E-state index in [-0.39, 0.29) is 29.2 Å². The molecule has 9 N–H and O–H groups in total. The Bertz CT molecular complexity index is 1600. The van der Waals surface area contributed by atoms with Gasteiger partial charge in [-0.1, -0.05) is 0 Å². The summed E-state index contributed by atoms with van der Waals surface area (Å²) in [5.74, 6) is 0.00388. The predicted octanol–water partition coefficient (Wildman–Crippen LogP) is -2.23. The Morgan fingerprint density at radius 3 is 2.45 bits per heavy atom. The lowest BCUT2D eigenvalue weighted by Crippen LogP contribution is -2.34. The minimum absolute atomic E-state index is 0.0704. The largest absolute Gasteiger partial charge is 0.472 e. The Balaban J connectivity index is 1.26. The minimum atomic E-state index is -4.99. The Morgan fingerprint density at radius 1 is 1.00 bits per heavy atom. The maximum Gasteiger partial charge on any atom is 0.472 e. The summed E-state index contributed by atoms with van der Waals surface area (Å²) in [7, 11) is -9.96. The Labute approximate surface area is 234 Å². The molecule has 3 aromatic heterocycles. The lowest BCUT2D eigenvalue weighted by molar-refractivity contribution is -0.0588. The van der Waals surface area contributed by atoms with Crippen LogP contribution in [0.1, 0.15) is 18.9 Å². The smallest absolute Gasteiger partial charge is 0.387 e. The van der Waals surface area contributed by atoms with Gasteiger partial charge >= 0.3 is 21.3 Å². The third kappa shape index (κ3) is 6.52. The number of hydrogen-bond donors (Lipinski definition) is 7. The summed E-state index contributed by atoms with van der Waals surface area (Å²) >= 11 is 0. The van der Waals surface area contributed by atoms with Gasteiger partial charge < -0.3 is 45.8 Å². The number of nitrogens with zero attached hydrogens (tertiary/aromatic N) is 6. The van der Waals surface area contributed by atoms with Crippen LogP contribution in [0, 0.1) is 0 Å². The zero-order chi connectivity index (χ0) is 30.4. The minimum Gasteiger partial charge on any atom is -0.387 e. The number of phosphoric acid groups is 2. The van der Waals surface area contributed by atoms with E-state index < -0.39 is 77.5 Å². The molecule has 3 aromatic rings. The quantitative estimate of drug-likeness (QED) is 0.116. The first kappa shape index (κ1) is 30.5. The average Bonchev–Trinajstić information content (AvgIpc) is 3.58. The first-order valence-corrected chi connectivity index (χ1v) is 15.1. The van der Waals surface area contributed by atoms with E-state index in [9.17, 15) is 29.0 Å². The summed E-state index contributed by atoms with van der Waals surface area (Å²) in [5.41, 5.74) is 10.9. The molecular formula is C19H26N8O13P2. The molecule has 23 heteroatoms. The van der Waals surface area contributed by atoms with E-state index >= 15 is 0 Å². The molecule has 0 spiro atoms. The van der Waals surface area contributed by atoms with E-state index in [1.807, 2.05) is 0 Å². The van der Waals surface area contributed by atoms with Crippen molar-refractivity contribution in [2.24, 2.45) is 0 Å². The zero-order valence-corrected chi connectivity index (χ0v) is 23.0. The highest BCUT2D eigenvalue weighted by molar-refractivity contribution is 7.47. The molecule has 0 aliphatic carbocycles. The Morgan fingerprint density at radius 2 is 1.74 bits per heavy atom. The van der Waals surface area contributed by atoms with Crippen molar-refractivity contribution in [1.82, 2.24) is 29.1 Å². The van der Waals surface area contributed by atoms with Crippen molar-refractivity contribution in [3.63, 3.8) is 0 Å². The molecule has 2 saturated heterocycles. The molecule has 5 heterocycles. The van der Waals surface area contributed by atoms with Gasteiger partial charge in [0.15, 0.2) is 17.7 Å². The summed E-state index contributed by atoms with van der Waals surface area (Å²) < 4.78 is 52.3. The van der Waals surface area contributed by atoms with Gasteiger partial charge in [-0.3, -0.25) is 22.7 Å². The molecule has 0 saturated carbocycles. The zero-order valence-electron chi connectivity index (χ0n) is 21.2. The van der Waals surface area contributed by atoms with Crippen molar-refractivity contribution in [1.29, 1.82) is 0 Å². The van der Waals surface area contributed by atoms with Crippen LogP contribution in [0.4, 0.5) is 11.6 Å². The topological polar surface area (TPSA) is 312 Å². The van der Waals surface area contributed by atoms with Crippen LogP contribution in [0.3, 0.4) is 0 Å². The third-order valence-corrected chi connectivity index (χ3v) is 7.92. The molecule has 0 aromatic carbocycles. The number of hydrogen-bond acceptors (Lipinski definition) is 16. The van der Waals surface area contributed by atoms with Crippen LogP contribution in [0.15, 0.2) is 29.7 Å². The van der Waals surface area contributed by atoms with Crippen LogP contribution in [0.5, 0.6) is 0 Å². The van der Waals surface area contributed by atoms with Gasteiger partial charge in [-0.05, 0) is 6.07 Å². The maximum atomic E-state index is 12.9. The van der Waals surface area contributed by atoms with Gasteiger partial charge in [0.1, 0.15) is 54.4 Å². The predicted molar refractivity (Wildman–Crippen MR) is 136 cm³/mol. The first-order valence-electron chi connectivity index (χ1n) is 12.0. The molecule has 2 fully saturated rings. The number of phosphoric ester groups is 2. The lowest BCUT2D eigenvalue weighted by Gasteiger charge is -2.22. The van der Waals surface area contributed by atoms with E-state index in [1.165, 1.54) is 29.5 Å². The summed E-state index contributed by atoms with van der Waals surface area (Å²) in [5, 5.41) is 21.1. The van der Waals surface area contributed by atoms with Crippen molar-refractivity contribution in [3.8, 4) is 0 Å². The van der Waals surface area contributed by atoms with Crippen LogP contribution in [0.25, 0.3) is 11.2 Å². The number of fused-ring (bicyclic) bond motifs is 1. The summed E-state index contributed by atoms with van der Waals surface area (Å²) in [6, 6.07) is 1.29. The van der Waals surface area contributed by atoms with Crippen LogP contribution in [-0.4, -0.2) is 97.7 Å². The second-order valence-electron chi connectivity index (χ2n) is 9.23. The van der Waals surface area contributed by atoms with E-state index in [0.29, 0.717) is 0 Å². The molecular weight excluding hydrogens is 610 g/mol. The van der Waals surface area contributed by atoms with Gasteiger partial charge in [0.05, 0.1) is 19.5 Å². The highest BCUT2D eigenvalue weighted by atomic mass is 31.2. The van der Waals surface area contributed by atoms with Crippen molar-refractivity contribution in [3.05, 3.63) is 35.4 Å². The molecule has 8 atom stereocenters. The van der Waals surface area contributed by atoms with Gasteiger partial charge in [0.25, 0.3) is 0 Å². The number of imidazole rings is 1. The van der Waals surface area contributed by atoms with E-state index in [4.69, 9.17) is 39.8 Å². The lowest BCUT2D eigenvalue weighted by atomic mass is 10.1. The molecule has 230 valence electrons. The average molecular weight is 636 g/mol. The number of aliphatic hydroxyl groups excluding tert-OH is 2. The summed E-state index contributed by atoms with van der Waals surface area (Å²) in [4.78, 5) is 56.3. The Kier molecular flexibility index (Phi) is 8.47. The highest BCUT2D eigenvalue weighted by Crippen LogP contribution is 2.49. The fraction of sp³-hybridized carbons (Fsp3) is 0.526. The van der Waals surface area contributed by atoms with Gasteiger partial charge in [-0.2, -0.15) is 4.98 Å². The number of aliphatic hydroxyl groups is 2. The molecule has 0 bridgehead atoms. The summed E-state index contributed by atoms with van der Waals surface area (Å²) in [6.07, 6.45) is -6.12. The second kappa shape index (κ2) is 11.6. The number of anilines is 2. The molecule has 2 aliphatic heterocycles.